The number of nitrogens with one attached hydrogen (secondary N) is 1. The molecule has 0 aromatic heterocycles. The normalized spacial score (nSPS) is 12.4. The van der Waals surface area contributed by atoms with Gasteiger partial charge in [0.05, 0.1) is 6.04 Å². The van der Waals surface area contributed by atoms with Crippen molar-refractivity contribution in [1.29, 1.82) is 0 Å². The Hall–Kier alpha value is -1.74. The first-order chi connectivity index (χ1) is 10.2. The molecule has 2 rings (SSSR count). The first kappa shape index (κ1) is 15.6. The Morgan fingerprint density at radius 3 is 2.33 bits per heavy atom. The summed E-state index contributed by atoms with van der Waals surface area (Å²) in [6.07, 6.45) is 2.12. The molecule has 3 heteroatoms. The lowest BCUT2D eigenvalue weighted by molar-refractivity contribution is 0.483. The van der Waals surface area contributed by atoms with Crippen molar-refractivity contribution in [2.24, 2.45) is 0 Å². The van der Waals surface area contributed by atoms with Gasteiger partial charge in [-0.3, -0.25) is 0 Å². The smallest absolute Gasteiger partial charge is 0.163 e. The third kappa shape index (κ3) is 3.67. The van der Waals surface area contributed by atoms with E-state index in [1.807, 2.05) is 19.1 Å². The molecule has 0 saturated carbocycles. The first-order valence-corrected chi connectivity index (χ1v) is 7.43. The zero-order valence-corrected chi connectivity index (χ0v) is 12.5. The largest absolute Gasteiger partial charge is 0.306 e. The Bertz CT molecular complexity index is 578. The summed E-state index contributed by atoms with van der Waals surface area (Å²) in [5, 5.41) is 3.23. The highest BCUT2D eigenvalue weighted by atomic mass is 19.2. The monoisotopic (exact) mass is 289 g/mol. The minimum atomic E-state index is -0.807. The van der Waals surface area contributed by atoms with E-state index in [1.54, 1.807) is 12.1 Å². The van der Waals surface area contributed by atoms with Gasteiger partial charge in [-0.1, -0.05) is 56.7 Å². The second-order valence-electron chi connectivity index (χ2n) is 5.13. The van der Waals surface area contributed by atoms with E-state index < -0.39 is 11.6 Å². The molecule has 0 saturated heterocycles. The third-order valence-corrected chi connectivity index (χ3v) is 3.55. The van der Waals surface area contributed by atoms with E-state index in [2.05, 4.69) is 24.4 Å². The van der Waals surface area contributed by atoms with Gasteiger partial charge in [0.1, 0.15) is 0 Å². The summed E-state index contributed by atoms with van der Waals surface area (Å²) < 4.78 is 27.5. The fraction of sp³-hybridized carbons (Fsp3) is 0.333. The molecule has 0 bridgehead atoms. The van der Waals surface area contributed by atoms with Crippen molar-refractivity contribution in [2.45, 2.75) is 32.7 Å². The molecule has 0 aliphatic rings. The summed E-state index contributed by atoms with van der Waals surface area (Å²) >= 11 is 0. The molecule has 0 aliphatic heterocycles. The Morgan fingerprint density at radius 1 is 1.00 bits per heavy atom. The molecule has 1 unspecified atom stereocenters. The maximum Gasteiger partial charge on any atom is 0.163 e. The van der Waals surface area contributed by atoms with Gasteiger partial charge >= 0.3 is 0 Å². The van der Waals surface area contributed by atoms with Crippen LogP contribution in [0.25, 0.3) is 0 Å². The fourth-order valence-electron chi connectivity index (χ4n) is 2.52. The van der Waals surface area contributed by atoms with Crippen molar-refractivity contribution in [3.05, 3.63) is 70.8 Å². The summed E-state index contributed by atoms with van der Waals surface area (Å²) in [5.41, 5.74) is 2.55. The molecule has 1 N–H and O–H groups in total. The van der Waals surface area contributed by atoms with Crippen molar-refractivity contribution in [3.63, 3.8) is 0 Å². The molecule has 1 atom stereocenters. The number of hydrogen-bond donors (Lipinski definition) is 1. The number of rotatable bonds is 6. The lowest BCUT2D eigenvalue weighted by atomic mass is 9.96. The van der Waals surface area contributed by atoms with Crippen molar-refractivity contribution in [1.82, 2.24) is 5.32 Å². The predicted octanol–water partition coefficient (Wildman–Crippen LogP) is 4.62. The highest BCUT2D eigenvalue weighted by Crippen LogP contribution is 2.26. The summed E-state index contributed by atoms with van der Waals surface area (Å²) in [6, 6.07) is 12.1. The van der Waals surface area contributed by atoms with E-state index >= 15 is 0 Å². The van der Waals surface area contributed by atoms with E-state index in [-0.39, 0.29) is 6.04 Å². The summed E-state index contributed by atoms with van der Waals surface area (Å²) in [5.74, 6) is -1.58. The van der Waals surface area contributed by atoms with Gasteiger partial charge in [-0.25, -0.2) is 8.78 Å². The molecule has 2 aromatic carbocycles. The summed E-state index contributed by atoms with van der Waals surface area (Å²) in [6.45, 7) is 4.77. The van der Waals surface area contributed by atoms with Crippen LogP contribution in [0.1, 0.15) is 43.0 Å². The molecule has 0 heterocycles. The van der Waals surface area contributed by atoms with Crippen LogP contribution in [0.4, 0.5) is 8.78 Å². The van der Waals surface area contributed by atoms with Crippen LogP contribution in [0, 0.1) is 11.6 Å². The highest BCUT2D eigenvalue weighted by molar-refractivity contribution is 5.34. The van der Waals surface area contributed by atoms with Crippen molar-refractivity contribution in [3.8, 4) is 0 Å². The van der Waals surface area contributed by atoms with E-state index in [1.165, 1.54) is 5.56 Å². The zero-order valence-electron chi connectivity index (χ0n) is 12.5. The third-order valence-electron chi connectivity index (χ3n) is 3.55. The molecular formula is C18H21F2N. The second-order valence-corrected chi connectivity index (χ2v) is 5.13. The minimum absolute atomic E-state index is 0.332. The molecule has 1 nitrogen and oxygen atoms in total. The van der Waals surface area contributed by atoms with Gasteiger partial charge in [0.15, 0.2) is 11.6 Å². The Kier molecular flexibility index (Phi) is 5.45. The van der Waals surface area contributed by atoms with E-state index in [0.29, 0.717) is 12.1 Å². The average molecular weight is 289 g/mol. The van der Waals surface area contributed by atoms with Crippen LogP contribution in [0.5, 0.6) is 0 Å². The van der Waals surface area contributed by atoms with Gasteiger partial charge in [0, 0.05) is 5.56 Å². The molecule has 0 aliphatic carbocycles. The topological polar surface area (TPSA) is 12.0 Å². The van der Waals surface area contributed by atoms with Crippen molar-refractivity contribution < 1.29 is 8.78 Å². The molecular weight excluding hydrogens is 268 g/mol. The van der Waals surface area contributed by atoms with E-state index in [9.17, 15) is 8.78 Å². The van der Waals surface area contributed by atoms with E-state index in [0.717, 1.165) is 24.5 Å². The van der Waals surface area contributed by atoms with Crippen LogP contribution in [0.2, 0.25) is 0 Å². The number of benzene rings is 2. The summed E-state index contributed by atoms with van der Waals surface area (Å²) in [7, 11) is 0. The Labute approximate surface area is 125 Å². The van der Waals surface area contributed by atoms with Crippen molar-refractivity contribution >= 4 is 0 Å². The minimum Gasteiger partial charge on any atom is -0.306 e. The first-order valence-electron chi connectivity index (χ1n) is 7.43. The predicted molar refractivity (Wildman–Crippen MR) is 82.3 cm³/mol. The maximum atomic E-state index is 14.0. The van der Waals surface area contributed by atoms with Crippen LogP contribution >= 0.6 is 0 Å². The molecule has 0 radical (unpaired) electrons. The molecule has 0 spiro atoms. The van der Waals surface area contributed by atoms with Gasteiger partial charge in [0.25, 0.3) is 0 Å². The van der Waals surface area contributed by atoms with Crippen LogP contribution in [-0.2, 0) is 6.42 Å². The molecule has 112 valence electrons. The van der Waals surface area contributed by atoms with Gasteiger partial charge in [0.2, 0.25) is 0 Å². The molecule has 21 heavy (non-hydrogen) atoms. The zero-order chi connectivity index (χ0) is 15.2. The highest BCUT2D eigenvalue weighted by Gasteiger charge is 2.19. The fourth-order valence-corrected chi connectivity index (χ4v) is 2.52. The van der Waals surface area contributed by atoms with Crippen molar-refractivity contribution in [2.75, 3.05) is 6.54 Å². The van der Waals surface area contributed by atoms with Crippen LogP contribution in [0.3, 0.4) is 0 Å². The Balaban J connectivity index is 2.36. The number of hydrogen-bond acceptors (Lipinski definition) is 1. The lowest BCUT2D eigenvalue weighted by Crippen LogP contribution is -2.23. The Morgan fingerprint density at radius 2 is 1.71 bits per heavy atom. The van der Waals surface area contributed by atoms with Gasteiger partial charge in [-0.15, -0.1) is 0 Å². The molecule has 0 fully saturated rings. The van der Waals surface area contributed by atoms with E-state index in [4.69, 9.17) is 0 Å². The number of aryl methyl sites for hydroxylation is 1. The van der Waals surface area contributed by atoms with Crippen LogP contribution < -0.4 is 5.32 Å². The van der Waals surface area contributed by atoms with Crippen LogP contribution in [-0.4, -0.2) is 6.54 Å². The SMILES string of the molecule is CCCc1ccc(C(NCC)c2cccc(F)c2F)cc1. The molecule has 2 aromatic rings. The lowest BCUT2D eigenvalue weighted by Gasteiger charge is -2.20. The van der Waals surface area contributed by atoms with Gasteiger partial charge < -0.3 is 5.32 Å². The van der Waals surface area contributed by atoms with Gasteiger partial charge in [-0.2, -0.15) is 0 Å². The average Bonchev–Trinajstić information content (AvgIpc) is 2.49. The maximum absolute atomic E-state index is 14.0. The summed E-state index contributed by atoms with van der Waals surface area (Å²) in [4.78, 5) is 0. The second kappa shape index (κ2) is 7.32. The van der Waals surface area contributed by atoms with Crippen LogP contribution in [0.15, 0.2) is 42.5 Å². The number of halogens is 2. The van der Waals surface area contributed by atoms with Gasteiger partial charge in [-0.05, 0) is 30.2 Å². The standard InChI is InChI=1S/C18H21F2N/c1-3-6-13-9-11-14(12-10-13)18(21-4-2)15-7-5-8-16(19)17(15)20/h5,7-12,18,21H,3-4,6H2,1-2H3. The molecule has 0 amide bonds. The quantitative estimate of drug-likeness (QED) is 0.818.